The van der Waals surface area contributed by atoms with Gasteiger partial charge in [0.1, 0.15) is 16.8 Å². The molecule has 0 heterocycles. The van der Waals surface area contributed by atoms with Crippen molar-refractivity contribution in [3.05, 3.63) is 65.2 Å². The predicted molar refractivity (Wildman–Crippen MR) is 88.9 cm³/mol. The maximum absolute atomic E-state index is 12.5. The van der Waals surface area contributed by atoms with Crippen LogP contribution in [-0.2, 0) is 6.54 Å². The molecule has 1 aliphatic carbocycles. The van der Waals surface area contributed by atoms with Gasteiger partial charge >= 0.3 is 0 Å². The topological polar surface area (TPSA) is 55.7 Å². The minimum absolute atomic E-state index is 0.103. The third kappa shape index (κ3) is 2.90. The Morgan fingerprint density at radius 2 is 1.70 bits per heavy atom. The zero-order valence-corrected chi connectivity index (χ0v) is 13.2. The van der Waals surface area contributed by atoms with Crippen LogP contribution in [0.5, 0.6) is 5.75 Å². The SMILES string of the molecule is COc1ccc(CN=C2C(=O)c3ccccc3C(=O)C2Cl)cc1. The first-order valence-electron chi connectivity index (χ1n) is 7.11. The third-order valence-corrected chi connectivity index (χ3v) is 4.14. The van der Waals surface area contributed by atoms with Crippen molar-refractivity contribution < 1.29 is 14.3 Å². The molecule has 3 rings (SSSR count). The van der Waals surface area contributed by atoms with Crippen molar-refractivity contribution in [1.82, 2.24) is 0 Å². The van der Waals surface area contributed by atoms with E-state index in [4.69, 9.17) is 16.3 Å². The summed E-state index contributed by atoms with van der Waals surface area (Å²) in [6.45, 7) is 0.281. The Balaban J connectivity index is 1.89. The number of hydrogen-bond donors (Lipinski definition) is 0. The monoisotopic (exact) mass is 327 g/mol. The Labute approximate surface area is 138 Å². The molecule has 0 aliphatic heterocycles. The van der Waals surface area contributed by atoms with Gasteiger partial charge in [-0.25, -0.2) is 0 Å². The summed E-state index contributed by atoms with van der Waals surface area (Å²) < 4.78 is 5.10. The molecule has 0 aromatic heterocycles. The van der Waals surface area contributed by atoms with Crippen LogP contribution in [0.4, 0.5) is 0 Å². The number of halogens is 1. The van der Waals surface area contributed by atoms with Crippen molar-refractivity contribution in [3.63, 3.8) is 0 Å². The van der Waals surface area contributed by atoms with E-state index in [9.17, 15) is 9.59 Å². The minimum atomic E-state index is -1.03. The predicted octanol–water partition coefficient (Wildman–Crippen LogP) is 3.32. The third-order valence-electron chi connectivity index (χ3n) is 3.73. The second kappa shape index (κ2) is 6.34. The van der Waals surface area contributed by atoms with Gasteiger partial charge in [-0.3, -0.25) is 14.6 Å². The zero-order chi connectivity index (χ0) is 16.4. The number of carbonyl (C=O) groups is 2. The Kier molecular flexibility index (Phi) is 4.26. The summed E-state index contributed by atoms with van der Waals surface area (Å²) in [7, 11) is 1.59. The highest BCUT2D eigenvalue weighted by Crippen LogP contribution is 2.24. The van der Waals surface area contributed by atoms with E-state index in [0.717, 1.165) is 11.3 Å². The van der Waals surface area contributed by atoms with Crippen LogP contribution in [0.1, 0.15) is 26.3 Å². The molecule has 0 radical (unpaired) electrons. The van der Waals surface area contributed by atoms with Gasteiger partial charge in [-0.15, -0.1) is 11.6 Å². The van der Waals surface area contributed by atoms with Gasteiger partial charge in [0.15, 0.2) is 5.78 Å². The zero-order valence-electron chi connectivity index (χ0n) is 12.5. The first-order chi connectivity index (χ1) is 11.1. The lowest BCUT2D eigenvalue weighted by Crippen LogP contribution is -2.38. The molecular formula is C18H14ClNO3. The van der Waals surface area contributed by atoms with Crippen molar-refractivity contribution in [1.29, 1.82) is 0 Å². The molecule has 23 heavy (non-hydrogen) atoms. The molecule has 2 aromatic carbocycles. The lowest BCUT2D eigenvalue weighted by Gasteiger charge is -2.19. The van der Waals surface area contributed by atoms with Gasteiger partial charge in [0, 0.05) is 11.1 Å². The molecule has 1 unspecified atom stereocenters. The van der Waals surface area contributed by atoms with E-state index in [0.29, 0.717) is 11.1 Å². The highest BCUT2D eigenvalue weighted by atomic mass is 35.5. The Hall–Kier alpha value is -2.46. The average molecular weight is 328 g/mol. The summed E-state index contributed by atoms with van der Waals surface area (Å²) in [5.41, 5.74) is 1.73. The van der Waals surface area contributed by atoms with Crippen molar-refractivity contribution in [2.24, 2.45) is 4.99 Å². The molecule has 1 aliphatic rings. The largest absolute Gasteiger partial charge is 0.497 e. The van der Waals surface area contributed by atoms with Crippen LogP contribution < -0.4 is 4.74 Å². The molecule has 0 saturated carbocycles. The van der Waals surface area contributed by atoms with E-state index in [1.54, 1.807) is 31.4 Å². The van der Waals surface area contributed by atoms with E-state index in [2.05, 4.69) is 4.99 Å². The molecular weight excluding hydrogens is 314 g/mol. The number of aliphatic imine (C=N–C) groups is 1. The molecule has 0 saturated heterocycles. The second-order valence-corrected chi connectivity index (χ2v) is 5.59. The van der Waals surface area contributed by atoms with Gasteiger partial charge in [0.2, 0.25) is 5.78 Å². The molecule has 1 atom stereocenters. The molecule has 0 fully saturated rings. The number of ketones is 2. The average Bonchev–Trinajstić information content (AvgIpc) is 2.60. The molecule has 4 nitrogen and oxygen atoms in total. The number of benzene rings is 2. The van der Waals surface area contributed by atoms with Crippen molar-refractivity contribution in [2.45, 2.75) is 11.9 Å². The number of Topliss-reactive ketones (excluding diaryl/α,β-unsaturated/α-hetero) is 2. The normalized spacial score (nSPS) is 18.9. The number of carbonyl (C=O) groups excluding carboxylic acids is 2. The van der Waals surface area contributed by atoms with Crippen LogP contribution in [-0.4, -0.2) is 29.8 Å². The van der Waals surface area contributed by atoms with Crippen molar-refractivity contribution in [3.8, 4) is 5.75 Å². The Morgan fingerprint density at radius 1 is 1.04 bits per heavy atom. The highest BCUT2D eigenvalue weighted by molar-refractivity contribution is 6.64. The fourth-order valence-corrected chi connectivity index (χ4v) is 2.75. The molecule has 0 amide bonds. The van der Waals surface area contributed by atoms with E-state index < -0.39 is 5.38 Å². The van der Waals surface area contributed by atoms with Crippen LogP contribution in [0.25, 0.3) is 0 Å². The van der Waals surface area contributed by atoms with Gasteiger partial charge < -0.3 is 4.74 Å². The van der Waals surface area contributed by atoms with Crippen molar-refractivity contribution >= 4 is 28.9 Å². The number of fused-ring (bicyclic) bond motifs is 1. The van der Waals surface area contributed by atoms with E-state index in [1.807, 2.05) is 24.3 Å². The van der Waals surface area contributed by atoms with Gasteiger partial charge in [-0.05, 0) is 17.7 Å². The summed E-state index contributed by atoms with van der Waals surface area (Å²) >= 11 is 6.15. The van der Waals surface area contributed by atoms with E-state index in [1.165, 1.54) is 0 Å². The number of alkyl halides is 1. The fraction of sp³-hybridized carbons (Fsp3) is 0.167. The van der Waals surface area contributed by atoms with E-state index in [-0.39, 0.29) is 23.8 Å². The number of nitrogens with zero attached hydrogens (tertiary/aromatic N) is 1. The smallest absolute Gasteiger partial charge is 0.209 e. The lowest BCUT2D eigenvalue weighted by atomic mass is 9.88. The minimum Gasteiger partial charge on any atom is -0.497 e. The molecule has 5 heteroatoms. The van der Waals surface area contributed by atoms with Crippen molar-refractivity contribution in [2.75, 3.05) is 7.11 Å². The number of hydrogen-bond acceptors (Lipinski definition) is 4. The summed E-state index contributed by atoms with van der Waals surface area (Å²) in [4.78, 5) is 29.1. The molecule has 0 spiro atoms. The van der Waals surface area contributed by atoms with Crippen LogP contribution in [0.2, 0.25) is 0 Å². The lowest BCUT2D eigenvalue weighted by molar-refractivity contribution is 0.0967. The molecule has 0 bridgehead atoms. The number of rotatable bonds is 3. The van der Waals surface area contributed by atoms with Gasteiger partial charge in [-0.1, -0.05) is 36.4 Å². The number of ether oxygens (including phenoxy) is 1. The highest BCUT2D eigenvalue weighted by Gasteiger charge is 2.36. The fourth-order valence-electron chi connectivity index (χ4n) is 2.47. The number of methoxy groups -OCH3 is 1. The molecule has 0 N–H and O–H groups in total. The summed E-state index contributed by atoms with van der Waals surface area (Å²) in [6.07, 6.45) is 0. The first kappa shape index (κ1) is 15.4. The first-order valence-corrected chi connectivity index (χ1v) is 7.54. The standard InChI is InChI=1S/C18H14ClNO3/c1-23-12-8-6-11(7-9-12)10-20-16-15(19)17(21)13-4-2-3-5-14(13)18(16)22/h2-9,15H,10H2,1H3. The molecule has 2 aromatic rings. The molecule has 116 valence electrons. The maximum Gasteiger partial charge on any atom is 0.209 e. The van der Waals surface area contributed by atoms with Crippen LogP contribution in [0.15, 0.2) is 53.5 Å². The quantitative estimate of drug-likeness (QED) is 0.813. The van der Waals surface area contributed by atoms with Crippen LogP contribution in [0.3, 0.4) is 0 Å². The summed E-state index contributed by atoms with van der Waals surface area (Å²) in [5, 5.41) is -1.03. The van der Waals surface area contributed by atoms with Crippen LogP contribution in [0, 0.1) is 0 Å². The summed E-state index contributed by atoms with van der Waals surface area (Å²) in [5.74, 6) is 0.179. The Bertz CT molecular complexity index is 796. The second-order valence-electron chi connectivity index (χ2n) is 5.15. The van der Waals surface area contributed by atoms with Gasteiger partial charge in [0.05, 0.1) is 13.7 Å². The van der Waals surface area contributed by atoms with Gasteiger partial charge in [0.25, 0.3) is 0 Å². The van der Waals surface area contributed by atoms with Gasteiger partial charge in [-0.2, -0.15) is 0 Å². The van der Waals surface area contributed by atoms with Crippen LogP contribution >= 0.6 is 11.6 Å². The summed E-state index contributed by atoms with van der Waals surface area (Å²) in [6, 6.07) is 14.0. The maximum atomic E-state index is 12.5. The Morgan fingerprint density at radius 3 is 2.35 bits per heavy atom. The van der Waals surface area contributed by atoms with E-state index >= 15 is 0 Å².